The fraction of sp³-hybridized carbons (Fsp3) is 0.750. The predicted octanol–water partition coefficient (Wildman–Crippen LogP) is 7.41. The van der Waals surface area contributed by atoms with E-state index in [1.165, 1.54) is 25.7 Å². The monoisotopic (exact) mass is 345 g/mol. The summed E-state index contributed by atoms with van der Waals surface area (Å²) in [6.45, 7) is 19.7. The summed E-state index contributed by atoms with van der Waals surface area (Å²) in [4.78, 5) is 0. The van der Waals surface area contributed by atoms with E-state index >= 15 is 0 Å². The SMILES string of the molecule is CC(CCC(COc1c[c]ccc1)C(C)CC(C)(C)C)CC(C)(C)C. The number of benzene rings is 1. The van der Waals surface area contributed by atoms with Gasteiger partial charge in [-0.05, 0) is 66.0 Å². The molecule has 0 bridgehead atoms. The van der Waals surface area contributed by atoms with E-state index in [4.69, 9.17) is 4.74 Å². The van der Waals surface area contributed by atoms with E-state index in [9.17, 15) is 0 Å². The van der Waals surface area contributed by atoms with Gasteiger partial charge in [0.2, 0.25) is 0 Å². The van der Waals surface area contributed by atoms with Crippen molar-refractivity contribution in [2.45, 2.75) is 81.1 Å². The van der Waals surface area contributed by atoms with Crippen LogP contribution in [-0.2, 0) is 0 Å². The number of rotatable bonds is 9. The van der Waals surface area contributed by atoms with Crippen LogP contribution < -0.4 is 4.74 Å². The molecular weight excluding hydrogens is 304 g/mol. The van der Waals surface area contributed by atoms with Gasteiger partial charge in [-0.25, -0.2) is 0 Å². The van der Waals surface area contributed by atoms with Crippen LogP contribution in [0, 0.1) is 34.7 Å². The molecule has 25 heavy (non-hydrogen) atoms. The van der Waals surface area contributed by atoms with E-state index in [1.54, 1.807) is 0 Å². The smallest absolute Gasteiger partial charge is 0.119 e. The summed E-state index contributed by atoms with van der Waals surface area (Å²) < 4.78 is 6.11. The Labute approximate surface area is 157 Å². The Morgan fingerprint density at radius 1 is 0.960 bits per heavy atom. The molecule has 0 N–H and O–H groups in total. The summed E-state index contributed by atoms with van der Waals surface area (Å²) in [6.07, 6.45) is 5.09. The van der Waals surface area contributed by atoms with Gasteiger partial charge in [-0.15, -0.1) is 0 Å². The van der Waals surface area contributed by atoms with Crippen LogP contribution in [0.5, 0.6) is 5.75 Å². The molecule has 0 heterocycles. The van der Waals surface area contributed by atoms with E-state index < -0.39 is 0 Å². The molecule has 1 heteroatoms. The molecule has 0 aliphatic rings. The van der Waals surface area contributed by atoms with Gasteiger partial charge in [-0.3, -0.25) is 0 Å². The van der Waals surface area contributed by atoms with Crippen molar-refractivity contribution >= 4 is 0 Å². The standard InChI is InChI=1S/C24H41O/c1-19(16-23(3,4)5)14-15-21(20(2)17-24(6,7)8)18-25-22-12-10-9-11-13-22/h9-10,12-13,19-21H,14-18H2,1-8H3. The molecule has 3 atom stereocenters. The second-order valence-electron chi connectivity index (χ2n) is 10.5. The highest BCUT2D eigenvalue weighted by molar-refractivity contribution is 5.20. The zero-order valence-electron chi connectivity index (χ0n) is 18.0. The lowest BCUT2D eigenvalue weighted by Crippen LogP contribution is -2.25. The van der Waals surface area contributed by atoms with Crippen molar-refractivity contribution in [3.63, 3.8) is 0 Å². The third-order valence-corrected chi connectivity index (χ3v) is 4.87. The van der Waals surface area contributed by atoms with Gasteiger partial charge in [-0.2, -0.15) is 0 Å². The molecule has 0 amide bonds. The van der Waals surface area contributed by atoms with Crippen LogP contribution in [0.2, 0.25) is 0 Å². The Bertz CT molecular complexity index is 463. The van der Waals surface area contributed by atoms with Gasteiger partial charge >= 0.3 is 0 Å². The number of hydrogen-bond acceptors (Lipinski definition) is 1. The van der Waals surface area contributed by atoms with Gasteiger partial charge < -0.3 is 4.74 Å². The second-order valence-corrected chi connectivity index (χ2v) is 10.5. The summed E-state index contributed by atoms with van der Waals surface area (Å²) in [5.41, 5.74) is 0.789. The highest BCUT2D eigenvalue weighted by Gasteiger charge is 2.25. The topological polar surface area (TPSA) is 9.23 Å². The molecule has 143 valence electrons. The van der Waals surface area contributed by atoms with Crippen LogP contribution in [0.3, 0.4) is 0 Å². The molecule has 1 aromatic rings. The highest BCUT2D eigenvalue weighted by atomic mass is 16.5. The van der Waals surface area contributed by atoms with Crippen LogP contribution in [0.15, 0.2) is 24.3 Å². The Kier molecular flexibility index (Phi) is 8.51. The summed E-state index contributed by atoms with van der Waals surface area (Å²) in [5, 5.41) is 0. The van der Waals surface area contributed by atoms with Gasteiger partial charge in [0.05, 0.1) is 6.61 Å². The first-order valence-corrected chi connectivity index (χ1v) is 10.1. The van der Waals surface area contributed by atoms with Crippen molar-refractivity contribution in [3.05, 3.63) is 30.3 Å². The lowest BCUT2D eigenvalue weighted by atomic mass is 9.76. The summed E-state index contributed by atoms with van der Waals surface area (Å²) >= 11 is 0. The highest BCUT2D eigenvalue weighted by Crippen LogP contribution is 2.34. The summed E-state index contributed by atoms with van der Waals surface area (Å²) in [5.74, 6) is 3.00. The number of ether oxygens (including phenoxy) is 1. The minimum absolute atomic E-state index is 0.370. The number of hydrogen-bond donors (Lipinski definition) is 0. The van der Waals surface area contributed by atoms with Gasteiger partial charge in [-0.1, -0.05) is 73.9 Å². The van der Waals surface area contributed by atoms with E-state index in [2.05, 4.69) is 61.5 Å². The maximum absolute atomic E-state index is 6.11. The van der Waals surface area contributed by atoms with Crippen molar-refractivity contribution in [1.29, 1.82) is 0 Å². The van der Waals surface area contributed by atoms with Crippen LogP contribution in [0.1, 0.15) is 81.1 Å². The molecule has 3 unspecified atom stereocenters. The third-order valence-electron chi connectivity index (χ3n) is 4.87. The Morgan fingerprint density at radius 2 is 1.60 bits per heavy atom. The van der Waals surface area contributed by atoms with Crippen LogP contribution >= 0.6 is 0 Å². The maximum Gasteiger partial charge on any atom is 0.119 e. The first-order chi connectivity index (χ1) is 11.5. The molecular formula is C24H41O. The van der Waals surface area contributed by atoms with E-state index in [-0.39, 0.29) is 0 Å². The lowest BCUT2D eigenvalue weighted by molar-refractivity contribution is 0.147. The molecule has 0 fully saturated rings. The molecule has 0 aliphatic heterocycles. The molecule has 0 saturated heterocycles. The molecule has 1 aromatic carbocycles. The van der Waals surface area contributed by atoms with E-state index in [0.29, 0.717) is 22.7 Å². The van der Waals surface area contributed by atoms with Crippen molar-refractivity contribution < 1.29 is 4.74 Å². The van der Waals surface area contributed by atoms with Gasteiger partial charge in [0.15, 0.2) is 0 Å². The Morgan fingerprint density at radius 3 is 2.12 bits per heavy atom. The summed E-state index contributed by atoms with van der Waals surface area (Å²) in [7, 11) is 0. The zero-order chi connectivity index (χ0) is 19.1. The fourth-order valence-corrected chi connectivity index (χ4v) is 3.98. The third kappa shape index (κ3) is 10.6. The van der Waals surface area contributed by atoms with Crippen LogP contribution in [0.4, 0.5) is 0 Å². The van der Waals surface area contributed by atoms with Crippen molar-refractivity contribution in [3.8, 4) is 5.75 Å². The minimum atomic E-state index is 0.370. The molecule has 1 rings (SSSR count). The largest absolute Gasteiger partial charge is 0.493 e. The quantitative estimate of drug-likeness (QED) is 0.453. The maximum atomic E-state index is 6.11. The average molecular weight is 346 g/mol. The van der Waals surface area contributed by atoms with Gasteiger partial charge in [0, 0.05) is 0 Å². The Balaban J connectivity index is 2.63. The zero-order valence-corrected chi connectivity index (χ0v) is 18.0. The normalized spacial score (nSPS) is 16.3. The van der Waals surface area contributed by atoms with Crippen LogP contribution in [0.25, 0.3) is 0 Å². The van der Waals surface area contributed by atoms with Gasteiger partial charge in [0.25, 0.3) is 0 Å². The molecule has 1 radical (unpaired) electrons. The van der Waals surface area contributed by atoms with E-state index in [0.717, 1.165) is 18.3 Å². The minimum Gasteiger partial charge on any atom is -0.493 e. The molecule has 1 nitrogen and oxygen atoms in total. The van der Waals surface area contributed by atoms with Crippen molar-refractivity contribution in [2.24, 2.45) is 28.6 Å². The molecule has 0 spiro atoms. The Hall–Kier alpha value is -0.980. The van der Waals surface area contributed by atoms with Crippen LogP contribution in [-0.4, -0.2) is 6.61 Å². The average Bonchev–Trinajstić information content (AvgIpc) is 2.44. The molecule has 0 saturated carbocycles. The summed E-state index contributed by atoms with van der Waals surface area (Å²) in [6, 6.07) is 11.0. The predicted molar refractivity (Wildman–Crippen MR) is 110 cm³/mol. The van der Waals surface area contributed by atoms with Crippen molar-refractivity contribution in [1.82, 2.24) is 0 Å². The second kappa shape index (κ2) is 9.64. The van der Waals surface area contributed by atoms with Gasteiger partial charge in [0.1, 0.15) is 5.75 Å². The molecule has 0 aliphatic carbocycles. The lowest BCUT2D eigenvalue weighted by Gasteiger charge is -2.31. The van der Waals surface area contributed by atoms with E-state index in [1.807, 2.05) is 24.3 Å². The fourth-order valence-electron chi connectivity index (χ4n) is 3.98. The van der Waals surface area contributed by atoms with Crippen molar-refractivity contribution in [2.75, 3.05) is 6.61 Å². The first kappa shape index (κ1) is 22.1. The molecule has 0 aromatic heterocycles. The first-order valence-electron chi connectivity index (χ1n) is 10.1.